The second kappa shape index (κ2) is 5.49. The zero-order valence-corrected chi connectivity index (χ0v) is 12.0. The van der Waals surface area contributed by atoms with Crippen LogP contribution in [0.5, 0.6) is 0 Å². The fraction of sp³-hybridized carbons (Fsp3) is 0.267. The molecule has 3 rings (SSSR count). The van der Waals surface area contributed by atoms with Crippen LogP contribution in [-0.2, 0) is 0 Å². The zero-order valence-electron chi connectivity index (χ0n) is 12.0. The largest absolute Gasteiger partial charge is 0.464 e. The van der Waals surface area contributed by atoms with Gasteiger partial charge in [0.1, 0.15) is 17.6 Å². The first-order valence-electron chi connectivity index (χ1n) is 6.82. The molecule has 0 aliphatic heterocycles. The van der Waals surface area contributed by atoms with Crippen LogP contribution >= 0.6 is 0 Å². The maximum absolute atomic E-state index is 6.07. The van der Waals surface area contributed by atoms with Crippen molar-refractivity contribution >= 4 is 0 Å². The Labute approximate surface area is 122 Å². The molecule has 0 saturated carbocycles. The highest BCUT2D eigenvalue weighted by atomic mass is 16.3. The van der Waals surface area contributed by atoms with Crippen LogP contribution in [0.2, 0.25) is 0 Å². The molecule has 2 unspecified atom stereocenters. The summed E-state index contributed by atoms with van der Waals surface area (Å²) in [7, 11) is 0. The van der Waals surface area contributed by atoms with Crippen LogP contribution in [0.3, 0.4) is 0 Å². The van der Waals surface area contributed by atoms with Crippen LogP contribution in [0.1, 0.15) is 24.5 Å². The fourth-order valence-electron chi connectivity index (χ4n) is 2.24. The molecule has 2 heterocycles. The van der Waals surface area contributed by atoms with Gasteiger partial charge in [-0.05, 0) is 31.2 Å². The molecular weight excluding hydrogens is 266 g/mol. The van der Waals surface area contributed by atoms with E-state index in [1.54, 1.807) is 0 Å². The van der Waals surface area contributed by atoms with E-state index in [9.17, 15) is 0 Å². The topological polar surface area (TPSA) is 82.8 Å². The molecule has 21 heavy (non-hydrogen) atoms. The van der Waals surface area contributed by atoms with Gasteiger partial charge in [0, 0.05) is 11.6 Å². The monoisotopic (exact) mass is 283 g/mol. The summed E-state index contributed by atoms with van der Waals surface area (Å²) < 4.78 is 5.67. The third kappa shape index (κ3) is 2.71. The highest BCUT2D eigenvalue weighted by Gasteiger charge is 2.24. The van der Waals surface area contributed by atoms with E-state index in [1.165, 1.54) is 4.80 Å². The smallest absolute Gasteiger partial charge is 0.204 e. The third-order valence-electron chi connectivity index (χ3n) is 3.26. The summed E-state index contributed by atoms with van der Waals surface area (Å²) in [6, 6.07) is 13.0. The van der Waals surface area contributed by atoms with E-state index in [0.29, 0.717) is 5.82 Å². The van der Waals surface area contributed by atoms with Crippen LogP contribution < -0.4 is 5.73 Å². The number of nitrogens with zero attached hydrogens (tertiary/aromatic N) is 4. The summed E-state index contributed by atoms with van der Waals surface area (Å²) in [4.78, 5) is 1.52. The molecule has 2 aromatic heterocycles. The molecule has 0 amide bonds. The number of nitrogens with two attached hydrogens (primary N) is 1. The number of rotatable bonds is 4. The maximum atomic E-state index is 6.07. The Morgan fingerprint density at radius 2 is 1.90 bits per heavy atom. The van der Waals surface area contributed by atoms with Crippen molar-refractivity contribution in [3.8, 4) is 11.4 Å². The third-order valence-corrected chi connectivity index (χ3v) is 3.26. The number of benzene rings is 1. The summed E-state index contributed by atoms with van der Waals surface area (Å²) in [5, 5.41) is 12.7. The van der Waals surface area contributed by atoms with Gasteiger partial charge in [0.05, 0.1) is 0 Å². The molecule has 0 fully saturated rings. The Bertz CT molecular complexity index is 717. The van der Waals surface area contributed by atoms with Gasteiger partial charge >= 0.3 is 0 Å². The van der Waals surface area contributed by atoms with Gasteiger partial charge < -0.3 is 10.2 Å². The van der Waals surface area contributed by atoms with Crippen LogP contribution in [-0.4, -0.2) is 26.2 Å². The SMILES string of the molecule is Cc1ccc(C(C(C)N)n2nnc(-c3ccccc3)n2)o1. The molecule has 6 nitrogen and oxygen atoms in total. The molecular formula is C15H17N5O. The van der Waals surface area contributed by atoms with Crippen molar-refractivity contribution in [3.05, 3.63) is 54.0 Å². The first-order chi connectivity index (χ1) is 10.1. The number of aryl methyl sites for hydroxylation is 1. The Morgan fingerprint density at radius 3 is 2.52 bits per heavy atom. The predicted molar refractivity (Wildman–Crippen MR) is 78.5 cm³/mol. The van der Waals surface area contributed by atoms with Gasteiger partial charge in [-0.3, -0.25) is 0 Å². The average Bonchev–Trinajstić information content (AvgIpc) is 3.10. The van der Waals surface area contributed by atoms with E-state index in [2.05, 4.69) is 15.4 Å². The molecule has 0 aliphatic carbocycles. The second-order valence-electron chi connectivity index (χ2n) is 5.05. The number of furan rings is 1. The molecule has 3 aromatic rings. The Kier molecular flexibility index (Phi) is 3.53. The molecule has 0 aliphatic rings. The maximum Gasteiger partial charge on any atom is 0.204 e. The molecule has 0 bridgehead atoms. The number of hydrogen-bond donors (Lipinski definition) is 1. The molecule has 0 radical (unpaired) electrons. The zero-order chi connectivity index (χ0) is 14.8. The van der Waals surface area contributed by atoms with E-state index in [4.69, 9.17) is 10.2 Å². The van der Waals surface area contributed by atoms with E-state index in [-0.39, 0.29) is 12.1 Å². The molecule has 0 spiro atoms. The van der Waals surface area contributed by atoms with Gasteiger partial charge in [-0.25, -0.2) is 0 Å². The normalized spacial score (nSPS) is 14.0. The predicted octanol–water partition coefficient (Wildman–Crippen LogP) is 2.18. The minimum atomic E-state index is -0.274. The standard InChI is InChI=1S/C15H17N5O/c1-10-8-9-13(21-10)14(11(2)16)20-18-15(17-19-20)12-6-4-3-5-7-12/h3-9,11,14H,16H2,1-2H3. The molecule has 108 valence electrons. The van der Waals surface area contributed by atoms with Gasteiger partial charge in [0.25, 0.3) is 0 Å². The highest BCUT2D eigenvalue weighted by Crippen LogP contribution is 2.23. The van der Waals surface area contributed by atoms with Crippen LogP contribution in [0.4, 0.5) is 0 Å². The van der Waals surface area contributed by atoms with E-state index >= 15 is 0 Å². The first-order valence-corrected chi connectivity index (χ1v) is 6.82. The highest BCUT2D eigenvalue weighted by molar-refractivity contribution is 5.53. The summed E-state index contributed by atoms with van der Waals surface area (Å²) >= 11 is 0. The van der Waals surface area contributed by atoms with Gasteiger partial charge in [-0.2, -0.15) is 4.80 Å². The lowest BCUT2D eigenvalue weighted by molar-refractivity contribution is 0.330. The molecule has 2 atom stereocenters. The molecule has 0 saturated heterocycles. The lowest BCUT2D eigenvalue weighted by Crippen LogP contribution is -2.31. The van der Waals surface area contributed by atoms with Gasteiger partial charge in [-0.15, -0.1) is 10.2 Å². The number of aromatic nitrogens is 4. The van der Waals surface area contributed by atoms with E-state index in [1.807, 2.05) is 56.3 Å². The van der Waals surface area contributed by atoms with Crippen molar-refractivity contribution in [2.75, 3.05) is 0 Å². The van der Waals surface area contributed by atoms with Crippen molar-refractivity contribution in [1.29, 1.82) is 0 Å². The fourth-order valence-corrected chi connectivity index (χ4v) is 2.24. The quantitative estimate of drug-likeness (QED) is 0.793. The van der Waals surface area contributed by atoms with Crippen LogP contribution in [0, 0.1) is 6.92 Å². The van der Waals surface area contributed by atoms with Gasteiger partial charge in [0.2, 0.25) is 5.82 Å². The Balaban J connectivity index is 1.96. The summed E-state index contributed by atoms with van der Waals surface area (Å²) in [6.07, 6.45) is 0. The van der Waals surface area contributed by atoms with E-state index < -0.39 is 0 Å². The van der Waals surface area contributed by atoms with Crippen molar-refractivity contribution in [2.24, 2.45) is 5.73 Å². The average molecular weight is 283 g/mol. The van der Waals surface area contributed by atoms with Gasteiger partial charge in [-0.1, -0.05) is 30.3 Å². The van der Waals surface area contributed by atoms with E-state index in [0.717, 1.165) is 17.1 Å². The van der Waals surface area contributed by atoms with Crippen molar-refractivity contribution in [1.82, 2.24) is 20.2 Å². The minimum Gasteiger partial charge on any atom is -0.464 e. The number of tetrazole rings is 1. The Morgan fingerprint density at radius 1 is 1.14 bits per heavy atom. The van der Waals surface area contributed by atoms with Crippen LogP contribution in [0.15, 0.2) is 46.9 Å². The summed E-state index contributed by atoms with van der Waals surface area (Å²) in [5.41, 5.74) is 6.99. The Hall–Kier alpha value is -2.47. The molecule has 6 heteroatoms. The first kappa shape index (κ1) is 13.5. The summed E-state index contributed by atoms with van der Waals surface area (Å²) in [6.45, 7) is 3.79. The van der Waals surface area contributed by atoms with Crippen molar-refractivity contribution in [2.45, 2.75) is 25.9 Å². The van der Waals surface area contributed by atoms with Crippen molar-refractivity contribution < 1.29 is 4.42 Å². The molecule has 2 N–H and O–H groups in total. The van der Waals surface area contributed by atoms with Crippen molar-refractivity contribution in [3.63, 3.8) is 0 Å². The number of hydrogen-bond acceptors (Lipinski definition) is 5. The lowest BCUT2D eigenvalue weighted by atomic mass is 10.1. The van der Waals surface area contributed by atoms with Gasteiger partial charge in [0.15, 0.2) is 0 Å². The molecule has 1 aromatic carbocycles. The minimum absolute atomic E-state index is 0.201. The second-order valence-corrected chi connectivity index (χ2v) is 5.05. The lowest BCUT2D eigenvalue weighted by Gasteiger charge is -2.16. The van der Waals surface area contributed by atoms with Crippen LogP contribution in [0.25, 0.3) is 11.4 Å². The summed E-state index contributed by atoms with van der Waals surface area (Å²) in [5.74, 6) is 2.14.